The van der Waals surface area contributed by atoms with Gasteiger partial charge in [-0.05, 0) is 24.3 Å². The monoisotopic (exact) mass is 404 g/mol. The molecule has 2 aromatic rings. The Labute approximate surface area is 144 Å². The summed E-state index contributed by atoms with van der Waals surface area (Å²) >= 11 is 11.5. The van der Waals surface area contributed by atoms with Gasteiger partial charge in [-0.2, -0.15) is 13.2 Å². The molecular weight excluding hydrogens is 400 g/mol. The van der Waals surface area contributed by atoms with Gasteiger partial charge in [-0.1, -0.05) is 29.3 Å². The fourth-order valence-corrected chi connectivity index (χ4v) is 2.98. The summed E-state index contributed by atoms with van der Waals surface area (Å²) in [7, 11) is 1.22. The van der Waals surface area contributed by atoms with Crippen molar-refractivity contribution in [1.82, 2.24) is 0 Å². The largest absolute Gasteiger partial charge is 0.454 e. The second-order valence-corrected chi connectivity index (χ2v) is 7.66. The van der Waals surface area contributed by atoms with Crippen molar-refractivity contribution in [1.29, 1.82) is 0 Å². The van der Waals surface area contributed by atoms with Gasteiger partial charge in [0.15, 0.2) is 5.75 Å². The zero-order valence-electron chi connectivity index (χ0n) is 10.9. The van der Waals surface area contributed by atoms with Gasteiger partial charge in [-0.3, -0.25) is 0 Å². The molecule has 10 heteroatoms. The normalized spacial score (nSPS) is 12.3. The van der Waals surface area contributed by atoms with Gasteiger partial charge < -0.3 is 4.74 Å². The molecule has 0 aliphatic rings. The predicted molar refractivity (Wildman–Crippen MR) is 81.0 cm³/mol. The molecule has 0 fully saturated rings. The van der Waals surface area contributed by atoms with Crippen molar-refractivity contribution < 1.29 is 26.3 Å². The Morgan fingerprint density at radius 3 is 2.04 bits per heavy atom. The van der Waals surface area contributed by atoms with Crippen molar-refractivity contribution in [3.8, 4) is 11.5 Å². The Hall–Kier alpha value is -1.15. The average Bonchev–Trinajstić information content (AvgIpc) is 2.41. The van der Waals surface area contributed by atoms with Crippen LogP contribution in [0.15, 0.2) is 41.3 Å². The number of ether oxygens (including phenoxy) is 1. The van der Waals surface area contributed by atoms with E-state index in [0.29, 0.717) is 12.1 Å². The van der Waals surface area contributed by atoms with Crippen molar-refractivity contribution in [2.24, 2.45) is 0 Å². The fourth-order valence-electron chi connectivity index (χ4n) is 1.63. The molecule has 3 nitrogen and oxygen atoms in total. The minimum Gasteiger partial charge on any atom is -0.454 e. The standard InChI is InChI=1S/C13H6Cl3F3O3S/c14-10-4-7(13(17,18)19)5-11(15)12(10)22-8-2-1-3-9(6-8)23(16,20)21/h1-6H. The lowest BCUT2D eigenvalue weighted by molar-refractivity contribution is -0.137. The molecule has 0 heterocycles. The fraction of sp³-hybridized carbons (Fsp3) is 0.0769. The molecule has 0 aliphatic carbocycles. The lowest BCUT2D eigenvalue weighted by Gasteiger charge is -2.13. The Bertz CT molecular complexity index is 828. The summed E-state index contributed by atoms with van der Waals surface area (Å²) in [6.45, 7) is 0. The molecular formula is C13H6Cl3F3O3S. The Morgan fingerprint density at radius 1 is 1.00 bits per heavy atom. The van der Waals surface area contributed by atoms with Crippen LogP contribution in [0.4, 0.5) is 13.2 Å². The summed E-state index contributed by atoms with van der Waals surface area (Å²) in [6, 6.07) is 6.35. The van der Waals surface area contributed by atoms with E-state index in [2.05, 4.69) is 0 Å². The van der Waals surface area contributed by atoms with Crippen LogP contribution in [0.5, 0.6) is 11.5 Å². The molecule has 0 radical (unpaired) electrons. The lowest BCUT2D eigenvalue weighted by Crippen LogP contribution is -2.05. The van der Waals surface area contributed by atoms with E-state index in [9.17, 15) is 21.6 Å². The molecule has 0 bridgehead atoms. The second kappa shape index (κ2) is 6.39. The highest BCUT2D eigenvalue weighted by Crippen LogP contribution is 2.41. The predicted octanol–water partition coefficient (Wildman–Crippen LogP) is 5.73. The first kappa shape index (κ1) is 18.2. The topological polar surface area (TPSA) is 43.4 Å². The zero-order valence-corrected chi connectivity index (χ0v) is 13.9. The van der Waals surface area contributed by atoms with Crippen LogP contribution >= 0.6 is 33.9 Å². The van der Waals surface area contributed by atoms with Crippen LogP contribution in [-0.4, -0.2) is 8.42 Å². The summed E-state index contributed by atoms with van der Waals surface area (Å²) in [5, 5.41) is -0.743. The SMILES string of the molecule is O=S(=O)(Cl)c1cccc(Oc2c(Cl)cc(C(F)(F)F)cc2Cl)c1. The quantitative estimate of drug-likeness (QED) is 0.612. The van der Waals surface area contributed by atoms with Crippen molar-refractivity contribution in [3.05, 3.63) is 52.0 Å². The minimum atomic E-state index is -4.61. The third kappa shape index (κ3) is 4.44. The third-order valence-corrected chi connectivity index (χ3v) is 4.55. The summed E-state index contributed by atoms with van der Waals surface area (Å²) < 4.78 is 65.8. The van der Waals surface area contributed by atoms with E-state index >= 15 is 0 Å². The summed E-state index contributed by atoms with van der Waals surface area (Å²) in [4.78, 5) is -0.240. The van der Waals surface area contributed by atoms with Crippen molar-refractivity contribution in [3.63, 3.8) is 0 Å². The maximum atomic E-state index is 12.7. The van der Waals surface area contributed by atoms with E-state index in [1.54, 1.807) is 0 Å². The first-order chi connectivity index (χ1) is 10.5. The van der Waals surface area contributed by atoms with Crippen molar-refractivity contribution >= 4 is 42.9 Å². The molecule has 0 saturated heterocycles. The maximum absolute atomic E-state index is 12.7. The number of halogens is 6. The Morgan fingerprint density at radius 2 is 1.57 bits per heavy atom. The van der Waals surface area contributed by atoms with Gasteiger partial charge in [0.1, 0.15) is 5.75 Å². The summed E-state index contributed by atoms with van der Waals surface area (Å²) in [5.41, 5.74) is -1.03. The average molecular weight is 406 g/mol. The van der Waals surface area contributed by atoms with E-state index in [-0.39, 0.29) is 26.4 Å². The van der Waals surface area contributed by atoms with Gasteiger partial charge in [0.2, 0.25) is 0 Å². The number of alkyl halides is 3. The first-order valence-electron chi connectivity index (χ1n) is 5.77. The summed E-state index contributed by atoms with van der Waals surface area (Å²) in [5.74, 6) is -0.235. The van der Waals surface area contributed by atoms with Crippen LogP contribution in [0.1, 0.15) is 5.56 Å². The van der Waals surface area contributed by atoms with E-state index < -0.39 is 20.8 Å². The van der Waals surface area contributed by atoms with Crippen LogP contribution in [0, 0.1) is 0 Å². The van der Waals surface area contributed by atoms with E-state index in [1.165, 1.54) is 18.2 Å². The molecule has 0 aliphatic heterocycles. The Balaban J connectivity index is 2.42. The van der Waals surface area contributed by atoms with Crippen molar-refractivity contribution in [2.75, 3.05) is 0 Å². The van der Waals surface area contributed by atoms with Gasteiger partial charge in [-0.15, -0.1) is 0 Å². The zero-order chi connectivity index (χ0) is 17.4. The van der Waals surface area contributed by atoms with Crippen LogP contribution in [0.3, 0.4) is 0 Å². The number of rotatable bonds is 3. The van der Waals surface area contributed by atoms with Crippen LogP contribution < -0.4 is 4.74 Å². The van der Waals surface area contributed by atoms with Crippen LogP contribution in [-0.2, 0) is 15.2 Å². The molecule has 2 aromatic carbocycles. The Kier molecular flexibility index (Phi) is 5.06. The minimum absolute atomic E-state index is 0.00437. The molecule has 0 unspecified atom stereocenters. The molecule has 23 heavy (non-hydrogen) atoms. The van der Waals surface area contributed by atoms with E-state index in [4.69, 9.17) is 38.6 Å². The van der Waals surface area contributed by atoms with Crippen LogP contribution in [0.25, 0.3) is 0 Å². The molecule has 0 N–H and O–H groups in total. The van der Waals surface area contributed by atoms with Gasteiger partial charge >= 0.3 is 6.18 Å². The first-order valence-corrected chi connectivity index (χ1v) is 8.84. The van der Waals surface area contributed by atoms with E-state index in [1.807, 2.05) is 0 Å². The lowest BCUT2D eigenvalue weighted by atomic mass is 10.2. The smallest absolute Gasteiger partial charge is 0.416 e. The van der Waals surface area contributed by atoms with E-state index in [0.717, 1.165) is 6.07 Å². The molecule has 0 amide bonds. The highest BCUT2D eigenvalue weighted by Gasteiger charge is 2.32. The second-order valence-electron chi connectivity index (χ2n) is 4.28. The van der Waals surface area contributed by atoms with Crippen LogP contribution in [0.2, 0.25) is 10.0 Å². The van der Waals surface area contributed by atoms with Crippen molar-refractivity contribution in [2.45, 2.75) is 11.1 Å². The molecule has 2 rings (SSSR count). The molecule has 0 spiro atoms. The van der Waals surface area contributed by atoms with Gasteiger partial charge in [0.25, 0.3) is 9.05 Å². The highest BCUT2D eigenvalue weighted by atomic mass is 35.7. The van der Waals surface area contributed by atoms with Gasteiger partial charge in [-0.25, -0.2) is 8.42 Å². The summed E-state index contributed by atoms with van der Waals surface area (Å²) in [6.07, 6.45) is -4.61. The maximum Gasteiger partial charge on any atom is 0.416 e. The van der Waals surface area contributed by atoms with Gasteiger partial charge in [0, 0.05) is 16.7 Å². The molecule has 0 atom stereocenters. The molecule has 0 aromatic heterocycles. The highest BCUT2D eigenvalue weighted by molar-refractivity contribution is 8.13. The number of hydrogen-bond acceptors (Lipinski definition) is 3. The molecule has 0 saturated carbocycles. The number of benzene rings is 2. The van der Waals surface area contributed by atoms with Gasteiger partial charge in [0.05, 0.1) is 20.5 Å². The molecule has 124 valence electrons. The third-order valence-electron chi connectivity index (χ3n) is 2.63. The number of hydrogen-bond donors (Lipinski definition) is 0.